The third kappa shape index (κ3) is 4.29. The van der Waals surface area contributed by atoms with Crippen LogP contribution in [0.15, 0.2) is 0 Å². The summed E-state index contributed by atoms with van der Waals surface area (Å²) in [4.78, 5) is 0. The van der Waals surface area contributed by atoms with Crippen LogP contribution in [0.4, 0.5) is 0 Å². The summed E-state index contributed by atoms with van der Waals surface area (Å²) in [5.74, 6) is 0. The van der Waals surface area contributed by atoms with E-state index in [9.17, 15) is 0 Å². The molecule has 0 atom stereocenters. The zero-order valence-corrected chi connectivity index (χ0v) is 10.7. The van der Waals surface area contributed by atoms with Crippen LogP contribution in [-0.4, -0.2) is 25.8 Å². The molecule has 3 nitrogen and oxygen atoms in total. The predicted octanol–water partition coefficient (Wildman–Crippen LogP) is 2.62. The molecule has 2 aliphatic carbocycles. The van der Waals surface area contributed by atoms with Gasteiger partial charge in [0.05, 0.1) is 18.8 Å². The molecule has 0 unspecified atom stereocenters. The van der Waals surface area contributed by atoms with Crippen LogP contribution >= 0.6 is 0 Å². The Morgan fingerprint density at radius 3 is 2.65 bits per heavy atom. The van der Waals surface area contributed by atoms with Gasteiger partial charge < -0.3 is 10.1 Å². The van der Waals surface area contributed by atoms with E-state index in [1.807, 2.05) is 0 Å². The van der Waals surface area contributed by atoms with Crippen LogP contribution in [0.25, 0.3) is 0 Å². The third-order valence-electron chi connectivity index (χ3n) is 4.10. The van der Waals surface area contributed by atoms with E-state index < -0.39 is 0 Å². The zero-order chi connectivity index (χ0) is 12.0. The molecule has 2 aliphatic rings. The lowest BCUT2D eigenvalue weighted by Gasteiger charge is -2.22. The molecule has 2 rings (SSSR count). The first-order chi connectivity index (χ1) is 8.35. The molecular weight excluding hydrogens is 212 g/mol. The molecule has 0 aliphatic heterocycles. The number of hydrogen-bond donors (Lipinski definition) is 1. The van der Waals surface area contributed by atoms with E-state index in [4.69, 9.17) is 10.00 Å². The second-order valence-electron chi connectivity index (χ2n) is 5.64. The van der Waals surface area contributed by atoms with Crippen molar-refractivity contribution in [2.24, 2.45) is 5.41 Å². The molecular formula is C14H24N2O. The number of nitriles is 1. The summed E-state index contributed by atoms with van der Waals surface area (Å²) in [6, 6.07) is 2.29. The highest BCUT2D eigenvalue weighted by molar-refractivity contribution is 5.00. The van der Waals surface area contributed by atoms with Crippen molar-refractivity contribution in [2.75, 3.05) is 19.7 Å². The summed E-state index contributed by atoms with van der Waals surface area (Å²) in [6.07, 6.45) is 10.2. The average Bonchev–Trinajstić information content (AvgIpc) is 3.11. The minimum atomic E-state index is 0.319. The molecule has 0 aromatic carbocycles. The van der Waals surface area contributed by atoms with Crippen molar-refractivity contribution in [2.45, 2.75) is 57.5 Å². The number of rotatable bonds is 7. The largest absolute Gasteiger partial charge is 0.377 e. The summed E-state index contributed by atoms with van der Waals surface area (Å²) in [5, 5.41) is 12.1. The maximum absolute atomic E-state index is 8.71. The molecule has 0 radical (unpaired) electrons. The normalized spacial score (nSPS) is 23.2. The van der Waals surface area contributed by atoms with Crippen molar-refractivity contribution in [3.05, 3.63) is 0 Å². The Labute approximate surface area is 105 Å². The fourth-order valence-corrected chi connectivity index (χ4v) is 2.64. The van der Waals surface area contributed by atoms with E-state index in [0.29, 0.717) is 17.9 Å². The van der Waals surface area contributed by atoms with Crippen LogP contribution in [0.3, 0.4) is 0 Å². The molecule has 2 fully saturated rings. The third-order valence-corrected chi connectivity index (χ3v) is 4.10. The smallest absolute Gasteiger partial charge is 0.0628 e. The van der Waals surface area contributed by atoms with Crippen molar-refractivity contribution in [1.82, 2.24) is 5.32 Å². The summed E-state index contributed by atoms with van der Waals surface area (Å²) < 4.78 is 5.85. The second kappa shape index (κ2) is 6.37. The Bertz CT molecular complexity index is 262. The highest BCUT2D eigenvalue weighted by Crippen LogP contribution is 2.47. The van der Waals surface area contributed by atoms with Gasteiger partial charge in [0.2, 0.25) is 0 Å². The number of hydrogen-bond acceptors (Lipinski definition) is 3. The maximum atomic E-state index is 8.71. The van der Waals surface area contributed by atoms with Gasteiger partial charge in [0.1, 0.15) is 0 Å². The van der Waals surface area contributed by atoms with Crippen molar-refractivity contribution in [3.8, 4) is 6.07 Å². The van der Waals surface area contributed by atoms with Gasteiger partial charge in [0, 0.05) is 19.5 Å². The highest BCUT2D eigenvalue weighted by atomic mass is 16.5. The molecule has 96 valence electrons. The minimum Gasteiger partial charge on any atom is -0.377 e. The number of ether oxygens (including phenoxy) is 1. The first-order valence-electron chi connectivity index (χ1n) is 7.04. The van der Waals surface area contributed by atoms with Crippen LogP contribution < -0.4 is 5.32 Å². The number of nitrogens with zero attached hydrogens (tertiary/aromatic N) is 1. The quantitative estimate of drug-likeness (QED) is 0.691. The molecule has 1 N–H and O–H groups in total. The predicted molar refractivity (Wildman–Crippen MR) is 67.6 cm³/mol. The molecule has 0 amide bonds. The molecule has 0 aromatic rings. The fourth-order valence-electron chi connectivity index (χ4n) is 2.64. The van der Waals surface area contributed by atoms with Gasteiger partial charge in [-0.1, -0.05) is 19.3 Å². The summed E-state index contributed by atoms with van der Waals surface area (Å²) in [5.41, 5.74) is 0.319. The fraction of sp³-hybridized carbons (Fsp3) is 0.929. The first kappa shape index (κ1) is 12.9. The van der Waals surface area contributed by atoms with E-state index in [0.717, 1.165) is 19.7 Å². The van der Waals surface area contributed by atoms with Gasteiger partial charge in [-0.2, -0.15) is 5.26 Å². The van der Waals surface area contributed by atoms with Gasteiger partial charge in [0.15, 0.2) is 0 Å². The Kier molecular flexibility index (Phi) is 4.82. The zero-order valence-electron chi connectivity index (χ0n) is 10.7. The monoisotopic (exact) mass is 236 g/mol. The van der Waals surface area contributed by atoms with E-state index in [1.54, 1.807) is 0 Å². The Morgan fingerprint density at radius 2 is 2.00 bits per heavy atom. The molecule has 0 spiro atoms. The number of nitrogens with one attached hydrogen (secondary N) is 1. The molecule has 17 heavy (non-hydrogen) atoms. The summed E-state index contributed by atoms with van der Waals surface area (Å²) in [6.45, 7) is 2.76. The van der Waals surface area contributed by atoms with Crippen molar-refractivity contribution >= 4 is 0 Å². The van der Waals surface area contributed by atoms with Crippen LogP contribution in [0, 0.1) is 16.7 Å². The van der Waals surface area contributed by atoms with Gasteiger partial charge in [-0.05, 0) is 31.1 Å². The molecule has 2 saturated carbocycles. The Hall–Kier alpha value is -0.590. The lowest BCUT2D eigenvalue weighted by Crippen LogP contribution is -2.29. The van der Waals surface area contributed by atoms with E-state index in [-0.39, 0.29) is 0 Å². The van der Waals surface area contributed by atoms with Crippen molar-refractivity contribution in [1.29, 1.82) is 5.26 Å². The second-order valence-corrected chi connectivity index (χ2v) is 5.64. The Morgan fingerprint density at radius 1 is 1.24 bits per heavy atom. The lowest BCUT2D eigenvalue weighted by atomic mass is 9.98. The maximum Gasteiger partial charge on any atom is 0.0628 e. The van der Waals surface area contributed by atoms with Gasteiger partial charge in [0.25, 0.3) is 0 Å². The van der Waals surface area contributed by atoms with Gasteiger partial charge in [-0.25, -0.2) is 0 Å². The topological polar surface area (TPSA) is 45.0 Å². The first-order valence-corrected chi connectivity index (χ1v) is 7.04. The van der Waals surface area contributed by atoms with Crippen LogP contribution in [-0.2, 0) is 4.74 Å². The molecule has 0 heterocycles. The molecule has 0 bridgehead atoms. The van der Waals surface area contributed by atoms with E-state index in [1.165, 1.54) is 44.9 Å². The van der Waals surface area contributed by atoms with E-state index >= 15 is 0 Å². The van der Waals surface area contributed by atoms with Crippen molar-refractivity contribution in [3.63, 3.8) is 0 Å². The molecule has 0 saturated heterocycles. The van der Waals surface area contributed by atoms with E-state index in [2.05, 4.69) is 11.4 Å². The highest BCUT2D eigenvalue weighted by Gasteiger charge is 2.41. The van der Waals surface area contributed by atoms with Gasteiger partial charge >= 0.3 is 0 Å². The minimum absolute atomic E-state index is 0.319. The van der Waals surface area contributed by atoms with Crippen LogP contribution in [0.1, 0.15) is 51.4 Å². The lowest BCUT2D eigenvalue weighted by molar-refractivity contribution is 0.0300. The van der Waals surface area contributed by atoms with Crippen LogP contribution in [0.2, 0.25) is 0 Å². The SMILES string of the molecule is N#CCC1(CNCCOC2CCCCC2)CC1. The van der Waals surface area contributed by atoms with Gasteiger partial charge in [-0.15, -0.1) is 0 Å². The molecule has 3 heteroatoms. The average molecular weight is 236 g/mol. The molecule has 0 aromatic heterocycles. The standard InChI is InChI=1S/C14H24N2O/c15-9-8-14(6-7-14)12-16-10-11-17-13-4-2-1-3-5-13/h13,16H,1-8,10-12H2. The summed E-state index contributed by atoms with van der Waals surface area (Å²) >= 11 is 0. The van der Waals surface area contributed by atoms with Crippen LogP contribution in [0.5, 0.6) is 0 Å². The Balaban J connectivity index is 1.48. The van der Waals surface area contributed by atoms with Gasteiger partial charge in [-0.3, -0.25) is 0 Å². The van der Waals surface area contributed by atoms with Crippen molar-refractivity contribution < 1.29 is 4.74 Å². The summed E-state index contributed by atoms with van der Waals surface area (Å²) in [7, 11) is 0.